The van der Waals surface area contributed by atoms with E-state index in [1.807, 2.05) is 6.07 Å². The first-order chi connectivity index (χ1) is 20.5. The standard InChI is InChI=1S/C28H22ClF4N7O3/c29-21-4-2-1-3-20(21)24(25(42)37-18-10-28(32,33)11-18)39(19-8-15(30)7-16(31)9-19)26(43)22-13-35-14-23(41)40(22)27-36-6-5-17(12-34)38-27/h1-9,18,22,24,35H,10-11,13-14H2,(H,37,42)/t22-,24-/m0/s1. The molecule has 222 valence electrons. The number of nitriles is 1. The van der Waals surface area contributed by atoms with Gasteiger partial charge in [0.1, 0.15) is 35.5 Å². The van der Waals surface area contributed by atoms with Crippen LogP contribution in [-0.4, -0.2) is 58.8 Å². The number of anilines is 2. The Kier molecular flexibility index (Phi) is 8.30. The Morgan fingerprint density at radius 1 is 1.16 bits per heavy atom. The van der Waals surface area contributed by atoms with Gasteiger partial charge in [0.05, 0.1) is 12.2 Å². The van der Waals surface area contributed by atoms with Crippen molar-refractivity contribution in [3.05, 3.63) is 82.6 Å². The van der Waals surface area contributed by atoms with Crippen molar-refractivity contribution >= 4 is 41.0 Å². The first-order valence-electron chi connectivity index (χ1n) is 12.9. The minimum Gasteiger partial charge on any atom is -0.351 e. The van der Waals surface area contributed by atoms with Gasteiger partial charge in [0.15, 0.2) is 0 Å². The molecule has 0 bridgehead atoms. The molecule has 1 saturated heterocycles. The molecule has 3 aromatic rings. The molecule has 1 aromatic heterocycles. The van der Waals surface area contributed by atoms with E-state index in [9.17, 15) is 37.2 Å². The van der Waals surface area contributed by atoms with Gasteiger partial charge in [-0.1, -0.05) is 29.8 Å². The number of hydrogen-bond acceptors (Lipinski definition) is 7. The summed E-state index contributed by atoms with van der Waals surface area (Å²) in [6, 6.07) is 7.03. The topological polar surface area (TPSA) is 131 Å². The Bertz CT molecular complexity index is 1610. The third-order valence-electron chi connectivity index (χ3n) is 6.96. The van der Waals surface area contributed by atoms with Crippen LogP contribution in [0.15, 0.2) is 54.7 Å². The number of halogens is 5. The molecular weight excluding hydrogens is 594 g/mol. The summed E-state index contributed by atoms with van der Waals surface area (Å²) >= 11 is 6.44. The summed E-state index contributed by atoms with van der Waals surface area (Å²) in [5, 5.41) is 14.6. The van der Waals surface area contributed by atoms with Crippen LogP contribution in [0.2, 0.25) is 5.02 Å². The molecule has 2 N–H and O–H groups in total. The summed E-state index contributed by atoms with van der Waals surface area (Å²) in [7, 11) is 0. The van der Waals surface area contributed by atoms with E-state index in [4.69, 9.17) is 11.6 Å². The van der Waals surface area contributed by atoms with Crippen molar-refractivity contribution < 1.29 is 31.9 Å². The van der Waals surface area contributed by atoms with E-state index in [1.165, 1.54) is 30.5 Å². The van der Waals surface area contributed by atoms with Crippen LogP contribution in [0.1, 0.15) is 30.1 Å². The molecule has 2 aromatic carbocycles. The van der Waals surface area contributed by atoms with Gasteiger partial charge < -0.3 is 10.6 Å². The van der Waals surface area contributed by atoms with Crippen LogP contribution >= 0.6 is 11.6 Å². The van der Waals surface area contributed by atoms with Crippen molar-refractivity contribution in [2.24, 2.45) is 0 Å². The number of hydrogen-bond donors (Lipinski definition) is 2. The van der Waals surface area contributed by atoms with Gasteiger partial charge in [-0.2, -0.15) is 5.26 Å². The summed E-state index contributed by atoms with van der Waals surface area (Å²) in [4.78, 5) is 51.2. The lowest BCUT2D eigenvalue weighted by Crippen LogP contribution is -2.63. The van der Waals surface area contributed by atoms with Crippen molar-refractivity contribution in [2.45, 2.75) is 36.9 Å². The molecule has 2 atom stereocenters. The quantitative estimate of drug-likeness (QED) is 0.390. The summed E-state index contributed by atoms with van der Waals surface area (Å²) in [5.41, 5.74) is -0.487. The van der Waals surface area contributed by atoms with Crippen molar-refractivity contribution in [2.75, 3.05) is 22.9 Å². The molecule has 2 fully saturated rings. The number of rotatable bonds is 7. The van der Waals surface area contributed by atoms with Gasteiger partial charge in [-0.3, -0.25) is 24.2 Å². The second kappa shape index (κ2) is 11.9. The maximum Gasteiger partial charge on any atom is 0.252 e. The lowest BCUT2D eigenvalue weighted by atomic mass is 9.87. The zero-order valence-electron chi connectivity index (χ0n) is 22.1. The molecule has 2 heterocycles. The highest BCUT2D eigenvalue weighted by Crippen LogP contribution is 2.39. The van der Waals surface area contributed by atoms with Crippen LogP contribution in [0.3, 0.4) is 0 Å². The number of carbonyl (C=O) groups excluding carboxylic acids is 3. The average Bonchev–Trinajstić information content (AvgIpc) is 2.94. The maximum absolute atomic E-state index is 14.6. The summed E-state index contributed by atoms with van der Waals surface area (Å²) in [6.45, 7) is -0.437. The molecule has 1 aliphatic carbocycles. The summed E-state index contributed by atoms with van der Waals surface area (Å²) < 4.78 is 56.4. The van der Waals surface area contributed by atoms with Gasteiger partial charge in [-0.05, 0) is 24.3 Å². The normalized spacial score (nSPS) is 18.7. The minimum atomic E-state index is -2.98. The van der Waals surface area contributed by atoms with E-state index in [0.717, 1.165) is 21.9 Å². The van der Waals surface area contributed by atoms with Crippen molar-refractivity contribution in [3.63, 3.8) is 0 Å². The number of alkyl halides is 2. The molecule has 1 saturated carbocycles. The first-order valence-corrected chi connectivity index (χ1v) is 13.3. The Labute approximate surface area is 247 Å². The van der Waals surface area contributed by atoms with Gasteiger partial charge in [-0.25, -0.2) is 27.5 Å². The number of benzene rings is 2. The Hall–Kier alpha value is -4.61. The van der Waals surface area contributed by atoms with E-state index in [2.05, 4.69) is 20.6 Å². The largest absolute Gasteiger partial charge is 0.351 e. The van der Waals surface area contributed by atoms with Crippen molar-refractivity contribution in [1.29, 1.82) is 5.26 Å². The van der Waals surface area contributed by atoms with Gasteiger partial charge in [0.25, 0.3) is 11.8 Å². The SMILES string of the molecule is N#Cc1ccnc(N2C(=O)CNC[C@H]2C(=O)N(c2cc(F)cc(F)c2)[C@H](C(=O)NC2CC(F)(F)C2)c2ccccc2Cl)n1. The lowest BCUT2D eigenvalue weighted by Gasteiger charge is -2.41. The monoisotopic (exact) mass is 615 g/mol. The van der Waals surface area contributed by atoms with Crippen LogP contribution < -0.4 is 20.4 Å². The van der Waals surface area contributed by atoms with Crippen LogP contribution in [0.25, 0.3) is 0 Å². The van der Waals surface area contributed by atoms with Crippen LogP contribution in [0.5, 0.6) is 0 Å². The van der Waals surface area contributed by atoms with Gasteiger partial charge >= 0.3 is 0 Å². The van der Waals surface area contributed by atoms with Crippen molar-refractivity contribution in [1.82, 2.24) is 20.6 Å². The van der Waals surface area contributed by atoms with Crippen LogP contribution in [-0.2, 0) is 14.4 Å². The van der Waals surface area contributed by atoms with Gasteiger partial charge in [0.2, 0.25) is 17.8 Å². The predicted octanol–water partition coefficient (Wildman–Crippen LogP) is 3.27. The third kappa shape index (κ3) is 6.27. The molecule has 0 spiro atoms. The van der Waals surface area contributed by atoms with E-state index in [0.29, 0.717) is 6.07 Å². The highest BCUT2D eigenvalue weighted by molar-refractivity contribution is 6.31. The fourth-order valence-electron chi connectivity index (χ4n) is 5.02. The minimum absolute atomic E-state index is 0.00368. The zero-order valence-corrected chi connectivity index (χ0v) is 22.9. The number of amides is 3. The molecule has 1 aliphatic heterocycles. The van der Waals surface area contributed by atoms with E-state index in [-0.39, 0.29) is 35.3 Å². The fraction of sp³-hybridized carbons (Fsp3) is 0.286. The highest BCUT2D eigenvalue weighted by Gasteiger charge is 2.48. The van der Waals surface area contributed by atoms with Gasteiger partial charge in [0, 0.05) is 48.3 Å². The molecule has 3 amide bonds. The van der Waals surface area contributed by atoms with E-state index < -0.39 is 71.9 Å². The average molecular weight is 616 g/mol. The molecule has 5 rings (SSSR count). The van der Waals surface area contributed by atoms with Gasteiger partial charge in [-0.15, -0.1) is 0 Å². The molecule has 43 heavy (non-hydrogen) atoms. The lowest BCUT2D eigenvalue weighted by molar-refractivity contribution is -0.133. The second-order valence-electron chi connectivity index (χ2n) is 9.99. The smallest absolute Gasteiger partial charge is 0.252 e. The number of carbonyl (C=O) groups is 3. The zero-order chi connectivity index (χ0) is 30.9. The van der Waals surface area contributed by atoms with E-state index in [1.54, 1.807) is 6.07 Å². The van der Waals surface area contributed by atoms with E-state index >= 15 is 0 Å². The molecule has 10 nitrogen and oxygen atoms in total. The number of nitrogens with one attached hydrogen (secondary N) is 2. The Morgan fingerprint density at radius 3 is 2.51 bits per heavy atom. The summed E-state index contributed by atoms with van der Waals surface area (Å²) in [5.74, 6) is -8.04. The summed E-state index contributed by atoms with van der Waals surface area (Å²) in [6.07, 6.45) is -0.0678. The van der Waals surface area contributed by atoms with Crippen molar-refractivity contribution in [3.8, 4) is 6.07 Å². The first kappa shape index (κ1) is 29.9. The van der Waals surface area contributed by atoms with Crippen LogP contribution in [0.4, 0.5) is 29.2 Å². The number of aromatic nitrogens is 2. The number of nitrogens with zero attached hydrogens (tertiary/aromatic N) is 5. The Balaban J connectivity index is 1.65. The maximum atomic E-state index is 14.6. The molecular formula is C28H22ClF4N7O3. The van der Waals surface area contributed by atoms with Crippen LogP contribution in [0, 0.1) is 23.0 Å². The molecule has 0 unspecified atom stereocenters. The third-order valence-corrected chi connectivity index (χ3v) is 7.30. The second-order valence-corrected chi connectivity index (χ2v) is 10.4. The number of piperazine rings is 1. The predicted molar refractivity (Wildman–Crippen MR) is 145 cm³/mol. The Morgan fingerprint density at radius 2 is 1.86 bits per heavy atom. The molecule has 15 heteroatoms. The molecule has 0 radical (unpaired) electrons. The molecule has 2 aliphatic rings. The fourth-order valence-corrected chi connectivity index (χ4v) is 5.26. The highest BCUT2D eigenvalue weighted by atomic mass is 35.5.